The van der Waals surface area contributed by atoms with Crippen LogP contribution in [0.5, 0.6) is 0 Å². The molecule has 0 aliphatic rings. The van der Waals surface area contributed by atoms with Crippen molar-refractivity contribution in [2.75, 3.05) is 17.7 Å². The highest BCUT2D eigenvalue weighted by Crippen LogP contribution is 2.25. The van der Waals surface area contributed by atoms with Gasteiger partial charge < -0.3 is 5.32 Å². The maximum atomic E-state index is 5.77. The molecule has 1 aromatic heterocycles. The molecule has 4 heteroatoms. The molecule has 0 spiro atoms. The first-order valence-electron chi connectivity index (χ1n) is 5.95. The van der Waals surface area contributed by atoms with Gasteiger partial charge in [0.2, 0.25) is 0 Å². The van der Waals surface area contributed by atoms with Crippen LogP contribution in [0.15, 0.2) is 24.3 Å². The fraction of sp³-hybridized carbons (Fsp3) is 0.462. The smallest absolute Gasteiger partial charge is 0.183 e. The molecule has 0 radical (unpaired) electrons. The average molecular weight is 269 g/mol. The van der Waals surface area contributed by atoms with Gasteiger partial charge >= 0.3 is 0 Å². The number of fused-ring (bicyclic) bond motifs is 1. The molecular weight excluding hydrogens is 252 g/mol. The van der Waals surface area contributed by atoms with E-state index in [1.165, 1.54) is 11.1 Å². The minimum absolute atomic E-state index is 0.605. The molecule has 1 atom stereocenters. The molecule has 0 saturated carbocycles. The third kappa shape index (κ3) is 3.58. The molecule has 0 saturated heterocycles. The molecular formula is C13H17ClN2S. The predicted octanol–water partition coefficient (Wildman–Crippen LogP) is 4.36. The standard InChI is InChI=1S/C13H17ClN2S/c1-10(9-14)5-4-8-15-13-16-11-6-2-3-7-12(11)17-13/h2-3,6-7,10H,4-5,8-9H2,1H3,(H,15,16). The highest BCUT2D eigenvalue weighted by molar-refractivity contribution is 7.22. The number of benzene rings is 1. The summed E-state index contributed by atoms with van der Waals surface area (Å²) in [5, 5.41) is 4.40. The van der Waals surface area contributed by atoms with Gasteiger partial charge in [0.05, 0.1) is 10.2 Å². The molecule has 0 amide bonds. The molecule has 1 aromatic carbocycles. The van der Waals surface area contributed by atoms with Gasteiger partial charge in [-0.15, -0.1) is 11.6 Å². The molecule has 1 N–H and O–H groups in total. The van der Waals surface area contributed by atoms with Crippen molar-refractivity contribution in [1.29, 1.82) is 0 Å². The van der Waals surface area contributed by atoms with Crippen LogP contribution < -0.4 is 5.32 Å². The Morgan fingerprint density at radius 3 is 3.00 bits per heavy atom. The van der Waals surface area contributed by atoms with Crippen LogP contribution >= 0.6 is 22.9 Å². The van der Waals surface area contributed by atoms with Crippen molar-refractivity contribution in [2.45, 2.75) is 19.8 Å². The van der Waals surface area contributed by atoms with Gasteiger partial charge in [0, 0.05) is 12.4 Å². The van der Waals surface area contributed by atoms with E-state index in [2.05, 4.69) is 23.3 Å². The lowest BCUT2D eigenvalue weighted by atomic mass is 10.1. The van der Waals surface area contributed by atoms with Crippen LogP contribution in [0.2, 0.25) is 0 Å². The molecule has 2 aromatic rings. The molecule has 1 heterocycles. The molecule has 17 heavy (non-hydrogen) atoms. The number of thiazole rings is 1. The normalized spacial score (nSPS) is 12.8. The topological polar surface area (TPSA) is 24.9 Å². The number of aromatic nitrogens is 1. The maximum Gasteiger partial charge on any atom is 0.183 e. The third-order valence-corrected chi connectivity index (χ3v) is 4.23. The van der Waals surface area contributed by atoms with Gasteiger partial charge in [-0.05, 0) is 30.9 Å². The van der Waals surface area contributed by atoms with Crippen LogP contribution in [0.4, 0.5) is 5.13 Å². The second-order valence-electron chi connectivity index (χ2n) is 4.32. The first kappa shape index (κ1) is 12.7. The van der Waals surface area contributed by atoms with Gasteiger partial charge in [0.15, 0.2) is 5.13 Å². The Labute approximate surface area is 111 Å². The number of hydrogen-bond donors (Lipinski definition) is 1. The highest BCUT2D eigenvalue weighted by atomic mass is 35.5. The van der Waals surface area contributed by atoms with Crippen LogP contribution in [0, 0.1) is 5.92 Å². The Morgan fingerprint density at radius 1 is 1.41 bits per heavy atom. The number of halogens is 1. The number of para-hydroxylation sites is 1. The largest absolute Gasteiger partial charge is 0.361 e. The van der Waals surface area contributed by atoms with Crippen LogP contribution in [0.25, 0.3) is 10.2 Å². The van der Waals surface area contributed by atoms with Gasteiger partial charge in [0.1, 0.15) is 0 Å². The molecule has 0 aliphatic carbocycles. The van der Waals surface area contributed by atoms with E-state index < -0.39 is 0 Å². The van der Waals surface area contributed by atoms with E-state index in [9.17, 15) is 0 Å². The summed E-state index contributed by atoms with van der Waals surface area (Å²) in [6.45, 7) is 3.16. The third-order valence-electron chi connectivity index (χ3n) is 2.71. The zero-order chi connectivity index (χ0) is 12.1. The lowest BCUT2D eigenvalue weighted by molar-refractivity contribution is 0.572. The van der Waals surface area contributed by atoms with E-state index in [0.29, 0.717) is 5.92 Å². The second kappa shape index (κ2) is 6.22. The van der Waals surface area contributed by atoms with Gasteiger partial charge in [-0.1, -0.05) is 30.4 Å². The molecule has 2 rings (SSSR count). The zero-order valence-corrected chi connectivity index (χ0v) is 11.5. The van der Waals surface area contributed by atoms with Gasteiger partial charge in [-0.25, -0.2) is 4.98 Å². The summed E-state index contributed by atoms with van der Waals surface area (Å²) in [5.74, 6) is 1.36. The van der Waals surface area contributed by atoms with E-state index in [4.69, 9.17) is 11.6 Å². The second-order valence-corrected chi connectivity index (χ2v) is 5.65. The van der Waals surface area contributed by atoms with Gasteiger partial charge in [-0.3, -0.25) is 0 Å². The molecule has 2 nitrogen and oxygen atoms in total. The SMILES string of the molecule is CC(CCl)CCCNc1nc2ccccc2s1. The Hall–Kier alpha value is -0.800. The Morgan fingerprint density at radius 2 is 2.24 bits per heavy atom. The summed E-state index contributed by atoms with van der Waals surface area (Å²) in [7, 11) is 0. The lowest BCUT2D eigenvalue weighted by Gasteiger charge is -2.06. The summed E-state index contributed by atoms with van der Waals surface area (Å²) in [6.07, 6.45) is 2.31. The van der Waals surface area contributed by atoms with Crippen LogP contribution in [0.3, 0.4) is 0 Å². The van der Waals surface area contributed by atoms with Gasteiger partial charge in [-0.2, -0.15) is 0 Å². The predicted molar refractivity (Wildman–Crippen MR) is 77.2 cm³/mol. The molecule has 0 aliphatic heterocycles. The van der Waals surface area contributed by atoms with Crippen LogP contribution in [-0.2, 0) is 0 Å². The molecule has 92 valence electrons. The molecule has 1 unspecified atom stereocenters. The van der Waals surface area contributed by atoms with Gasteiger partial charge in [0.25, 0.3) is 0 Å². The molecule has 0 fully saturated rings. The first-order chi connectivity index (χ1) is 8.29. The number of rotatable bonds is 6. The Kier molecular flexibility index (Phi) is 4.63. The van der Waals surface area contributed by atoms with E-state index >= 15 is 0 Å². The van der Waals surface area contributed by atoms with E-state index in [1.54, 1.807) is 11.3 Å². The maximum absolute atomic E-state index is 5.77. The van der Waals surface area contributed by atoms with E-state index in [0.717, 1.165) is 29.5 Å². The number of alkyl halides is 1. The first-order valence-corrected chi connectivity index (χ1v) is 7.30. The summed E-state index contributed by atoms with van der Waals surface area (Å²) in [6, 6.07) is 8.22. The van der Waals surface area contributed by atoms with Crippen molar-refractivity contribution in [3.8, 4) is 0 Å². The van der Waals surface area contributed by atoms with Crippen LogP contribution in [-0.4, -0.2) is 17.4 Å². The number of nitrogens with zero attached hydrogens (tertiary/aromatic N) is 1. The fourth-order valence-corrected chi connectivity index (χ4v) is 2.72. The number of hydrogen-bond acceptors (Lipinski definition) is 3. The quantitative estimate of drug-likeness (QED) is 0.622. The van der Waals surface area contributed by atoms with Crippen molar-refractivity contribution in [2.24, 2.45) is 5.92 Å². The monoisotopic (exact) mass is 268 g/mol. The summed E-state index contributed by atoms with van der Waals surface area (Å²) >= 11 is 7.48. The minimum atomic E-state index is 0.605. The van der Waals surface area contributed by atoms with E-state index in [-0.39, 0.29) is 0 Å². The van der Waals surface area contributed by atoms with Crippen molar-refractivity contribution in [3.05, 3.63) is 24.3 Å². The van der Waals surface area contributed by atoms with Crippen molar-refractivity contribution < 1.29 is 0 Å². The summed E-state index contributed by atoms with van der Waals surface area (Å²) in [5.41, 5.74) is 1.08. The van der Waals surface area contributed by atoms with Crippen molar-refractivity contribution >= 4 is 38.3 Å². The molecule has 0 bridgehead atoms. The number of anilines is 1. The van der Waals surface area contributed by atoms with E-state index in [1.807, 2.05) is 18.2 Å². The summed E-state index contributed by atoms with van der Waals surface area (Å²) in [4.78, 5) is 4.53. The van der Waals surface area contributed by atoms with Crippen molar-refractivity contribution in [3.63, 3.8) is 0 Å². The lowest BCUT2D eigenvalue weighted by Crippen LogP contribution is -2.04. The van der Waals surface area contributed by atoms with Crippen molar-refractivity contribution in [1.82, 2.24) is 4.98 Å². The average Bonchev–Trinajstić information content (AvgIpc) is 2.76. The Balaban J connectivity index is 1.83. The Bertz CT molecular complexity index is 436. The fourth-order valence-electron chi connectivity index (χ4n) is 1.67. The van der Waals surface area contributed by atoms with Crippen LogP contribution in [0.1, 0.15) is 19.8 Å². The number of nitrogens with one attached hydrogen (secondary N) is 1. The summed E-state index contributed by atoms with van der Waals surface area (Å²) < 4.78 is 1.24. The zero-order valence-electron chi connectivity index (χ0n) is 9.95. The highest BCUT2D eigenvalue weighted by Gasteiger charge is 2.03. The minimum Gasteiger partial charge on any atom is -0.361 e.